The first kappa shape index (κ1) is 22.4. The molecule has 0 aromatic heterocycles. The third-order valence-electron chi connectivity index (χ3n) is 6.01. The average molecular weight is 452 g/mol. The van der Waals surface area contributed by atoms with Crippen molar-refractivity contribution in [3.05, 3.63) is 54.1 Å². The summed E-state index contributed by atoms with van der Waals surface area (Å²) in [6.45, 7) is 3.29. The van der Waals surface area contributed by atoms with Crippen LogP contribution in [-0.2, 0) is 20.8 Å². The number of anilines is 2. The second kappa shape index (κ2) is 10.2. The van der Waals surface area contributed by atoms with Crippen molar-refractivity contribution in [3.63, 3.8) is 0 Å². The zero-order valence-corrected chi connectivity index (χ0v) is 19.2. The number of carbonyl (C=O) groups excluding carboxylic acids is 3. The van der Waals surface area contributed by atoms with E-state index in [9.17, 15) is 14.4 Å². The van der Waals surface area contributed by atoms with Crippen LogP contribution in [0, 0.1) is 0 Å². The number of likely N-dealkylation sites (tertiary alicyclic amines) is 1. The molecular weight excluding hydrogens is 422 g/mol. The van der Waals surface area contributed by atoms with E-state index in [0.717, 1.165) is 48.3 Å². The highest BCUT2D eigenvalue weighted by Crippen LogP contribution is 2.40. The van der Waals surface area contributed by atoms with Crippen LogP contribution >= 0.6 is 11.8 Å². The quantitative estimate of drug-likeness (QED) is 0.695. The molecule has 1 atom stereocenters. The summed E-state index contributed by atoms with van der Waals surface area (Å²) in [5, 5.41) is 2.09. The summed E-state index contributed by atoms with van der Waals surface area (Å²) >= 11 is 1.30. The van der Waals surface area contributed by atoms with E-state index in [1.807, 2.05) is 60.4 Å². The molecule has 0 unspecified atom stereocenters. The Bertz CT molecular complexity index is 1000. The fraction of sp³-hybridized carbons (Fsp3) is 0.400. The van der Waals surface area contributed by atoms with Crippen molar-refractivity contribution in [2.45, 2.75) is 49.2 Å². The molecule has 0 bridgehead atoms. The molecule has 1 N–H and O–H groups in total. The minimum absolute atomic E-state index is 0.127. The van der Waals surface area contributed by atoms with Crippen LogP contribution in [0.4, 0.5) is 11.4 Å². The van der Waals surface area contributed by atoms with Gasteiger partial charge in [-0.2, -0.15) is 0 Å². The van der Waals surface area contributed by atoms with Gasteiger partial charge in [0.2, 0.25) is 11.8 Å². The molecule has 0 aliphatic carbocycles. The van der Waals surface area contributed by atoms with E-state index < -0.39 is 5.25 Å². The van der Waals surface area contributed by atoms with Crippen molar-refractivity contribution in [2.24, 2.45) is 0 Å². The third kappa shape index (κ3) is 4.83. The lowest BCUT2D eigenvalue weighted by Crippen LogP contribution is -2.51. The van der Waals surface area contributed by atoms with E-state index in [1.165, 1.54) is 16.7 Å². The summed E-state index contributed by atoms with van der Waals surface area (Å²) in [7, 11) is 0. The highest BCUT2D eigenvalue weighted by atomic mass is 32.2. The van der Waals surface area contributed by atoms with Crippen LogP contribution < -0.4 is 10.2 Å². The van der Waals surface area contributed by atoms with Gasteiger partial charge in [0.1, 0.15) is 6.54 Å². The van der Waals surface area contributed by atoms with Crippen molar-refractivity contribution < 1.29 is 14.4 Å². The Morgan fingerprint density at radius 1 is 1.00 bits per heavy atom. The van der Waals surface area contributed by atoms with E-state index in [4.69, 9.17) is 0 Å². The maximum absolute atomic E-state index is 13.4. The van der Waals surface area contributed by atoms with Crippen molar-refractivity contribution in [1.29, 1.82) is 0 Å². The SMILES string of the molecule is CCc1ccccc1NC(=O)CN1C(=O)[C@@H](C(=O)N2CCCCCC2)Sc2ccccc21. The topological polar surface area (TPSA) is 69.7 Å². The van der Waals surface area contributed by atoms with Gasteiger partial charge in [-0.15, -0.1) is 11.8 Å². The minimum atomic E-state index is -0.848. The largest absolute Gasteiger partial charge is 0.341 e. The molecule has 3 amide bonds. The van der Waals surface area contributed by atoms with Crippen LogP contribution in [0.15, 0.2) is 53.4 Å². The molecule has 6 nitrogen and oxygen atoms in total. The van der Waals surface area contributed by atoms with E-state index >= 15 is 0 Å². The van der Waals surface area contributed by atoms with E-state index in [2.05, 4.69) is 5.32 Å². The predicted octanol–water partition coefficient (Wildman–Crippen LogP) is 4.10. The van der Waals surface area contributed by atoms with Crippen LogP contribution in [0.2, 0.25) is 0 Å². The maximum Gasteiger partial charge on any atom is 0.250 e. The standard InChI is InChI=1S/C25H29N3O3S/c1-2-18-11-5-6-12-19(18)26-22(29)17-28-20-13-7-8-14-21(20)32-23(25(28)31)24(30)27-15-9-3-4-10-16-27/h5-8,11-14,23H,2-4,9-10,15-17H2,1H3,(H,26,29)/t23-/m1/s1. The maximum atomic E-state index is 13.4. The second-order valence-corrected chi connectivity index (χ2v) is 9.34. The van der Waals surface area contributed by atoms with Gasteiger partial charge < -0.3 is 15.1 Å². The molecule has 2 aromatic carbocycles. The molecule has 2 aliphatic rings. The fourth-order valence-electron chi connectivity index (χ4n) is 4.28. The lowest BCUT2D eigenvalue weighted by Gasteiger charge is -2.34. The van der Waals surface area contributed by atoms with Crippen LogP contribution in [-0.4, -0.2) is 47.5 Å². The number of carbonyl (C=O) groups is 3. The smallest absolute Gasteiger partial charge is 0.250 e. The molecule has 0 radical (unpaired) electrons. The summed E-state index contributed by atoms with van der Waals surface area (Å²) in [6.07, 6.45) is 4.96. The van der Waals surface area contributed by atoms with Crippen LogP contribution in [0.3, 0.4) is 0 Å². The Labute approximate surface area is 193 Å². The first-order valence-electron chi connectivity index (χ1n) is 11.3. The number of aryl methyl sites for hydroxylation is 1. The molecular formula is C25H29N3O3S. The molecule has 2 heterocycles. The van der Waals surface area contributed by atoms with Gasteiger partial charge in [-0.05, 0) is 43.0 Å². The number of benzene rings is 2. The summed E-state index contributed by atoms with van der Waals surface area (Å²) in [6, 6.07) is 15.1. The first-order valence-corrected chi connectivity index (χ1v) is 12.2. The van der Waals surface area contributed by atoms with Crippen molar-refractivity contribution in [2.75, 3.05) is 29.9 Å². The molecule has 2 aliphatic heterocycles. The summed E-state index contributed by atoms with van der Waals surface area (Å²) in [4.78, 5) is 43.8. The number of nitrogens with one attached hydrogen (secondary N) is 1. The van der Waals surface area contributed by atoms with E-state index in [0.29, 0.717) is 18.8 Å². The van der Waals surface area contributed by atoms with Gasteiger partial charge in [0.15, 0.2) is 5.25 Å². The lowest BCUT2D eigenvalue weighted by molar-refractivity contribution is -0.135. The van der Waals surface area contributed by atoms with Gasteiger partial charge in [0.05, 0.1) is 5.69 Å². The second-order valence-electron chi connectivity index (χ2n) is 8.19. The van der Waals surface area contributed by atoms with Crippen molar-refractivity contribution >= 4 is 40.9 Å². The fourth-order valence-corrected chi connectivity index (χ4v) is 5.47. The molecule has 7 heteroatoms. The normalized spacial score (nSPS) is 18.7. The molecule has 0 spiro atoms. The molecule has 32 heavy (non-hydrogen) atoms. The monoisotopic (exact) mass is 451 g/mol. The van der Waals surface area contributed by atoms with Gasteiger partial charge in [0, 0.05) is 23.7 Å². The van der Waals surface area contributed by atoms with Gasteiger partial charge >= 0.3 is 0 Å². The average Bonchev–Trinajstić information content (AvgIpc) is 3.10. The van der Waals surface area contributed by atoms with Gasteiger partial charge in [-0.3, -0.25) is 14.4 Å². The zero-order chi connectivity index (χ0) is 22.5. The van der Waals surface area contributed by atoms with Crippen molar-refractivity contribution in [3.8, 4) is 0 Å². The van der Waals surface area contributed by atoms with Crippen LogP contribution in [0.5, 0.6) is 0 Å². The summed E-state index contributed by atoms with van der Waals surface area (Å²) in [5.74, 6) is -0.734. The highest BCUT2D eigenvalue weighted by molar-refractivity contribution is 8.01. The van der Waals surface area contributed by atoms with Crippen molar-refractivity contribution in [1.82, 2.24) is 4.90 Å². The number of para-hydroxylation sites is 2. The number of rotatable bonds is 5. The van der Waals surface area contributed by atoms with Crippen LogP contribution in [0.25, 0.3) is 0 Å². The Balaban J connectivity index is 1.55. The summed E-state index contributed by atoms with van der Waals surface area (Å²) < 4.78 is 0. The number of fused-ring (bicyclic) bond motifs is 1. The molecule has 1 fully saturated rings. The Morgan fingerprint density at radius 2 is 1.69 bits per heavy atom. The number of amides is 3. The van der Waals surface area contributed by atoms with Crippen LogP contribution in [0.1, 0.15) is 38.2 Å². The molecule has 168 valence electrons. The predicted molar refractivity (Wildman–Crippen MR) is 128 cm³/mol. The third-order valence-corrected chi connectivity index (χ3v) is 7.25. The van der Waals surface area contributed by atoms with E-state index in [-0.39, 0.29) is 24.3 Å². The molecule has 0 saturated carbocycles. The van der Waals surface area contributed by atoms with E-state index in [1.54, 1.807) is 0 Å². The first-order chi connectivity index (χ1) is 15.6. The minimum Gasteiger partial charge on any atom is -0.341 e. The number of nitrogens with zero attached hydrogens (tertiary/aromatic N) is 2. The lowest BCUT2D eigenvalue weighted by atomic mass is 10.1. The Morgan fingerprint density at radius 3 is 2.44 bits per heavy atom. The molecule has 2 aromatic rings. The Kier molecular flexibility index (Phi) is 7.15. The molecule has 1 saturated heterocycles. The summed E-state index contributed by atoms with van der Waals surface area (Å²) in [5.41, 5.74) is 2.47. The Hall–Kier alpha value is -2.80. The number of thioether (sulfide) groups is 1. The molecule has 4 rings (SSSR count). The number of hydrogen-bond donors (Lipinski definition) is 1. The number of hydrogen-bond acceptors (Lipinski definition) is 4. The zero-order valence-electron chi connectivity index (χ0n) is 18.4. The van der Waals surface area contributed by atoms with Gasteiger partial charge in [-0.25, -0.2) is 0 Å². The van der Waals surface area contributed by atoms with Gasteiger partial charge in [-0.1, -0.05) is 50.1 Å². The highest BCUT2D eigenvalue weighted by Gasteiger charge is 2.40. The van der Waals surface area contributed by atoms with Gasteiger partial charge in [0.25, 0.3) is 5.91 Å².